The van der Waals surface area contributed by atoms with Gasteiger partial charge in [-0.3, -0.25) is 4.90 Å². The second-order valence-electron chi connectivity index (χ2n) is 5.21. The molecule has 1 heterocycles. The summed E-state index contributed by atoms with van der Waals surface area (Å²) >= 11 is 0. The van der Waals surface area contributed by atoms with E-state index in [1.165, 1.54) is 16.4 Å². The second kappa shape index (κ2) is 6.29. The number of rotatable bonds is 5. The van der Waals surface area contributed by atoms with Gasteiger partial charge in [0.1, 0.15) is 5.82 Å². The number of halogens is 1. The monoisotopic (exact) mass is 315 g/mol. The van der Waals surface area contributed by atoms with Crippen LogP contribution in [0.1, 0.15) is 20.3 Å². The van der Waals surface area contributed by atoms with E-state index in [1.54, 1.807) is 0 Å². The average Bonchev–Trinajstić information content (AvgIpc) is 2.93. The van der Waals surface area contributed by atoms with E-state index in [2.05, 4.69) is 18.7 Å². The molecule has 2 N–H and O–H groups in total. The molecule has 1 aromatic carbocycles. The summed E-state index contributed by atoms with van der Waals surface area (Å²) in [5, 5.41) is 0. The van der Waals surface area contributed by atoms with Crippen molar-refractivity contribution in [1.29, 1.82) is 0 Å². The minimum atomic E-state index is -3.65. The number of hydrogen-bond donors (Lipinski definition) is 1. The molecule has 1 saturated heterocycles. The molecule has 1 aliphatic heterocycles. The average molecular weight is 315 g/mol. The van der Waals surface area contributed by atoms with Gasteiger partial charge in [-0.15, -0.1) is 0 Å². The lowest BCUT2D eigenvalue weighted by Gasteiger charge is -2.26. The summed E-state index contributed by atoms with van der Waals surface area (Å²) in [6.45, 7) is 6.84. The lowest BCUT2D eigenvalue weighted by molar-refractivity contribution is 0.224. The predicted molar refractivity (Wildman–Crippen MR) is 80.9 cm³/mol. The Labute approximate surface area is 125 Å². The van der Waals surface area contributed by atoms with Gasteiger partial charge < -0.3 is 5.73 Å². The zero-order valence-corrected chi connectivity index (χ0v) is 13.2. The SMILES string of the molecule is CCN(CC)C1CCN(S(=O)(=O)c2ccc(N)c(F)c2)C1. The zero-order valence-electron chi connectivity index (χ0n) is 12.4. The standard InChI is InChI=1S/C14H22FN3O2S/c1-3-17(4-2)11-7-8-18(10-11)21(19,20)12-5-6-14(16)13(15)9-12/h5-6,9,11H,3-4,7-8,10,16H2,1-2H3. The molecule has 0 saturated carbocycles. The fourth-order valence-electron chi connectivity index (χ4n) is 2.78. The van der Waals surface area contributed by atoms with Gasteiger partial charge in [-0.2, -0.15) is 4.31 Å². The van der Waals surface area contributed by atoms with Crippen molar-refractivity contribution in [1.82, 2.24) is 9.21 Å². The van der Waals surface area contributed by atoms with Gasteiger partial charge in [-0.05, 0) is 37.7 Å². The molecule has 1 aromatic rings. The molecule has 1 unspecified atom stereocenters. The zero-order chi connectivity index (χ0) is 15.6. The fraction of sp³-hybridized carbons (Fsp3) is 0.571. The summed E-state index contributed by atoms with van der Waals surface area (Å²) in [5.41, 5.74) is 5.35. The summed E-state index contributed by atoms with van der Waals surface area (Å²) in [6, 6.07) is 3.88. The van der Waals surface area contributed by atoms with Gasteiger partial charge in [-0.25, -0.2) is 12.8 Å². The maximum absolute atomic E-state index is 13.5. The van der Waals surface area contributed by atoms with Gasteiger partial charge in [-0.1, -0.05) is 13.8 Å². The highest BCUT2D eigenvalue weighted by atomic mass is 32.2. The molecule has 2 rings (SSSR count). The molecule has 0 spiro atoms. The van der Waals surface area contributed by atoms with Crippen molar-refractivity contribution >= 4 is 15.7 Å². The molecule has 1 fully saturated rings. The number of nitrogens with two attached hydrogens (primary N) is 1. The van der Waals surface area contributed by atoms with E-state index in [0.29, 0.717) is 13.1 Å². The Morgan fingerprint density at radius 3 is 2.62 bits per heavy atom. The van der Waals surface area contributed by atoms with Gasteiger partial charge in [0, 0.05) is 19.1 Å². The number of anilines is 1. The van der Waals surface area contributed by atoms with Crippen molar-refractivity contribution in [2.24, 2.45) is 0 Å². The van der Waals surface area contributed by atoms with Crippen molar-refractivity contribution < 1.29 is 12.8 Å². The van der Waals surface area contributed by atoms with E-state index in [1.807, 2.05) is 0 Å². The highest BCUT2D eigenvalue weighted by molar-refractivity contribution is 7.89. The topological polar surface area (TPSA) is 66.6 Å². The first-order chi connectivity index (χ1) is 9.90. The van der Waals surface area contributed by atoms with Gasteiger partial charge in [0.05, 0.1) is 10.6 Å². The minimum absolute atomic E-state index is 0.0330. The molecular weight excluding hydrogens is 293 g/mol. The molecule has 1 atom stereocenters. The Hall–Kier alpha value is -1.18. The molecule has 7 heteroatoms. The Balaban J connectivity index is 2.19. The normalized spacial score (nSPS) is 20.3. The molecule has 0 radical (unpaired) electrons. The first kappa shape index (κ1) is 16.2. The number of likely N-dealkylation sites (N-methyl/N-ethyl adjacent to an activating group) is 1. The van der Waals surface area contributed by atoms with E-state index in [4.69, 9.17) is 5.73 Å². The Kier molecular flexibility index (Phi) is 4.85. The van der Waals surface area contributed by atoms with Crippen molar-refractivity contribution in [2.75, 3.05) is 31.9 Å². The van der Waals surface area contributed by atoms with Crippen LogP contribution >= 0.6 is 0 Å². The smallest absolute Gasteiger partial charge is 0.243 e. The molecule has 0 amide bonds. The van der Waals surface area contributed by atoms with Crippen LogP contribution in [0, 0.1) is 5.82 Å². The van der Waals surface area contributed by atoms with Crippen LogP contribution in [-0.4, -0.2) is 49.8 Å². The molecule has 1 aliphatic rings. The van der Waals surface area contributed by atoms with Crippen molar-refractivity contribution in [3.63, 3.8) is 0 Å². The van der Waals surface area contributed by atoms with Crippen LogP contribution in [0.25, 0.3) is 0 Å². The van der Waals surface area contributed by atoms with E-state index in [9.17, 15) is 12.8 Å². The summed E-state index contributed by atoms with van der Waals surface area (Å²) in [7, 11) is -3.65. The Bertz CT molecular complexity index is 602. The van der Waals surface area contributed by atoms with E-state index in [0.717, 1.165) is 25.6 Å². The Morgan fingerprint density at radius 1 is 1.38 bits per heavy atom. The highest BCUT2D eigenvalue weighted by Crippen LogP contribution is 2.25. The molecule has 0 aromatic heterocycles. The summed E-state index contributed by atoms with van der Waals surface area (Å²) in [4.78, 5) is 2.22. The summed E-state index contributed by atoms with van der Waals surface area (Å²) in [6.07, 6.45) is 0.804. The molecule has 0 bridgehead atoms. The van der Waals surface area contributed by atoms with Gasteiger partial charge >= 0.3 is 0 Å². The number of hydrogen-bond acceptors (Lipinski definition) is 4. The van der Waals surface area contributed by atoms with Crippen molar-refractivity contribution in [2.45, 2.75) is 31.2 Å². The maximum Gasteiger partial charge on any atom is 0.243 e. The first-order valence-corrected chi connectivity index (χ1v) is 8.63. The van der Waals surface area contributed by atoms with Crippen LogP contribution in [0.2, 0.25) is 0 Å². The van der Waals surface area contributed by atoms with Crippen LogP contribution in [0.5, 0.6) is 0 Å². The molecule has 21 heavy (non-hydrogen) atoms. The highest BCUT2D eigenvalue weighted by Gasteiger charge is 2.34. The summed E-state index contributed by atoms with van der Waals surface area (Å²) in [5.74, 6) is -0.699. The molecule has 118 valence electrons. The van der Waals surface area contributed by atoms with E-state index >= 15 is 0 Å². The third-order valence-electron chi connectivity index (χ3n) is 4.06. The number of nitrogens with zero attached hydrogens (tertiary/aromatic N) is 2. The predicted octanol–water partition coefficient (Wildman–Crippen LogP) is 1.51. The van der Waals surface area contributed by atoms with Crippen LogP contribution in [0.3, 0.4) is 0 Å². The molecule has 5 nitrogen and oxygen atoms in total. The molecule has 0 aliphatic carbocycles. The number of benzene rings is 1. The van der Waals surface area contributed by atoms with Crippen molar-refractivity contribution in [3.05, 3.63) is 24.0 Å². The van der Waals surface area contributed by atoms with Crippen molar-refractivity contribution in [3.8, 4) is 0 Å². The second-order valence-corrected chi connectivity index (χ2v) is 7.15. The lowest BCUT2D eigenvalue weighted by Crippen LogP contribution is -2.38. The van der Waals surface area contributed by atoms with E-state index < -0.39 is 15.8 Å². The summed E-state index contributed by atoms with van der Waals surface area (Å²) < 4.78 is 40.0. The van der Waals surface area contributed by atoms with Crippen LogP contribution in [-0.2, 0) is 10.0 Å². The Morgan fingerprint density at radius 2 is 2.05 bits per heavy atom. The van der Waals surface area contributed by atoms with Crippen LogP contribution in [0.4, 0.5) is 10.1 Å². The third kappa shape index (κ3) is 3.20. The van der Waals surface area contributed by atoms with Gasteiger partial charge in [0.2, 0.25) is 10.0 Å². The number of nitrogen functional groups attached to an aromatic ring is 1. The number of sulfonamides is 1. The lowest BCUT2D eigenvalue weighted by atomic mass is 10.2. The minimum Gasteiger partial charge on any atom is -0.396 e. The molecular formula is C14H22FN3O2S. The quantitative estimate of drug-likeness (QED) is 0.837. The van der Waals surface area contributed by atoms with Crippen LogP contribution in [0.15, 0.2) is 23.1 Å². The fourth-order valence-corrected chi connectivity index (χ4v) is 4.29. The van der Waals surface area contributed by atoms with Gasteiger partial charge in [0.25, 0.3) is 0 Å². The largest absolute Gasteiger partial charge is 0.396 e. The van der Waals surface area contributed by atoms with Gasteiger partial charge in [0.15, 0.2) is 0 Å². The third-order valence-corrected chi connectivity index (χ3v) is 5.93. The van der Waals surface area contributed by atoms with Crippen LogP contribution < -0.4 is 5.73 Å². The first-order valence-electron chi connectivity index (χ1n) is 7.19. The maximum atomic E-state index is 13.5. The van der Waals surface area contributed by atoms with E-state index in [-0.39, 0.29) is 16.6 Å².